The zero-order valence-corrected chi connectivity index (χ0v) is 19.8. The third kappa shape index (κ3) is 5.79. The molecule has 0 atom stereocenters. The summed E-state index contributed by atoms with van der Waals surface area (Å²) in [5.41, 5.74) is 0.0926. The van der Waals surface area contributed by atoms with Gasteiger partial charge in [0, 0.05) is 11.4 Å². The van der Waals surface area contributed by atoms with Gasteiger partial charge in [-0.25, -0.2) is 9.59 Å². The molecular weight excluding hydrogens is 462 g/mol. The zero-order valence-electron chi connectivity index (χ0n) is 19.0. The van der Waals surface area contributed by atoms with Crippen molar-refractivity contribution in [2.75, 3.05) is 25.1 Å². The first-order valence-corrected chi connectivity index (χ1v) is 11.4. The second kappa shape index (κ2) is 10.5. The number of nitrogens with one attached hydrogen (secondary N) is 2. The molecule has 2 heterocycles. The largest absolute Gasteiger partial charge is 0.462 e. The van der Waals surface area contributed by atoms with Gasteiger partial charge < -0.3 is 20.1 Å². The average molecular weight is 488 g/mol. The molecule has 0 bridgehead atoms. The second-order valence-electron chi connectivity index (χ2n) is 7.91. The molecule has 10 nitrogen and oxygen atoms in total. The van der Waals surface area contributed by atoms with Crippen LogP contribution in [-0.4, -0.2) is 60.0 Å². The number of amides is 4. The summed E-state index contributed by atoms with van der Waals surface area (Å²) in [4.78, 5) is 62.7. The number of ether oxygens (including phenoxy) is 2. The van der Waals surface area contributed by atoms with Crippen LogP contribution in [0.5, 0.6) is 0 Å². The standard InChI is InChI=1S/C23H25N3O7S/c1-4-32-20(29)19-15(12-16(34-19)14-8-6-5-7-9-14)24-17(27)13-33-18(28)10-11-26-21(30)23(2,3)25-22(26)31/h5-9,12H,4,10-11,13H2,1-3H3,(H,24,27)(H,25,31). The molecule has 0 spiro atoms. The molecule has 2 N–H and O–H groups in total. The maximum absolute atomic E-state index is 12.4. The van der Waals surface area contributed by atoms with Crippen LogP contribution < -0.4 is 10.6 Å². The number of rotatable bonds is 9. The highest BCUT2D eigenvalue weighted by molar-refractivity contribution is 7.18. The molecule has 0 aliphatic carbocycles. The van der Waals surface area contributed by atoms with E-state index in [0.717, 1.165) is 15.3 Å². The van der Waals surface area contributed by atoms with E-state index in [1.54, 1.807) is 26.8 Å². The molecule has 180 valence electrons. The van der Waals surface area contributed by atoms with Gasteiger partial charge in [-0.2, -0.15) is 0 Å². The maximum atomic E-state index is 12.4. The number of benzene rings is 1. The lowest BCUT2D eigenvalue weighted by molar-refractivity contribution is -0.147. The van der Waals surface area contributed by atoms with Gasteiger partial charge in [0.05, 0.1) is 18.7 Å². The molecule has 34 heavy (non-hydrogen) atoms. The van der Waals surface area contributed by atoms with Crippen LogP contribution in [0, 0.1) is 0 Å². The Hall–Kier alpha value is -3.73. The first-order valence-electron chi connectivity index (χ1n) is 10.6. The number of hydrogen-bond acceptors (Lipinski definition) is 8. The number of imide groups is 1. The fourth-order valence-corrected chi connectivity index (χ4v) is 4.22. The van der Waals surface area contributed by atoms with Crippen molar-refractivity contribution in [3.05, 3.63) is 41.3 Å². The summed E-state index contributed by atoms with van der Waals surface area (Å²) in [5, 5.41) is 5.10. The van der Waals surface area contributed by atoms with E-state index in [-0.39, 0.29) is 30.1 Å². The third-order valence-electron chi connectivity index (χ3n) is 4.87. The van der Waals surface area contributed by atoms with E-state index in [9.17, 15) is 24.0 Å². The number of thiophene rings is 1. The topological polar surface area (TPSA) is 131 Å². The number of carbonyl (C=O) groups excluding carboxylic acids is 5. The van der Waals surface area contributed by atoms with Gasteiger partial charge in [-0.05, 0) is 32.4 Å². The number of anilines is 1. The predicted molar refractivity (Wildman–Crippen MR) is 124 cm³/mol. The molecule has 1 fully saturated rings. The molecule has 0 saturated carbocycles. The summed E-state index contributed by atoms with van der Waals surface area (Å²) < 4.78 is 10.0. The van der Waals surface area contributed by atoms with Crippen molar-refractivity contribution in [3.8, 4) is 10.4 Å². The lowest BCUT2D eigenvalue weighted by atomic mass is 10.1. The Bertz CT molecular complexity index is 1110. The quantitative estimate of drug-likeness (QED) is 0.411. The smallest absolute Gasteiger partial charge is 0.350 e. The Morgan fingerprint density at radius 3 is 2.44 bits per heavy atom. The van der Waals surface area contributed by atoms with Crippen LogP contribution in [0.2, 0.25) is 0 Å². The van der Waals surface area contributed by atoms with Crippen LogP contribution in [0.25, 0.3) is 10.4 Å². The molecule has 1 aliphatic rings. The summed E-state index contributed by atoms with van der Waals surface area (Å²) >= 11 is 1.18. The van der Waals surface area contributed by atoms with Crippen molar-refractivity contribution in [1.82, 2.24) is 10.2 Å². The molecule has 3 rings (SSSR count). The van der Waals surface area contributed by atoms with Crippen molar-refractivity contribution in [3.63, 3.8) is 0 Å². The molecule has 4 amide bonds. The van der Waals surface area contributed by atoms with Gasteiger partial charge in [0.15, 0.2) is 6.61 Å². The zero-order chi connectivity index (χ0) is 24.9. The number of nitrogens with zero attached hydrogens (tertiary/aromatic N) is 1. The van der Waals surface area contributed by atoms with Gasteiger partial charge in [0.1, 0.15) is 10.4 Å². The minimum Gasteiger partial charge on any atom is -0.462 e. The van der Waals surface area contributed by atoms with Crippen LogP contribution in [0.1, 0.15) is 36.9 Å². The van der Waals surface area contributed by atoms with Gasteiger partial charge >= 0.3 is 18.0 Å². The first kappa shape index (κ1) is 24.9. The van der Waals surface area contributed by atoms with Crippen LogP contribution in [0.15, 0.2) is 36.4 Å². The Morgan fingerprint density at radius 1 is 1.12 bits per heavy atom. The van der Waals surface area contributed by atoms with Gasteiger partial charge in [-0.1, -0.05) is 30.3 Å². The minimum atomic E-state index is -1.03. The third-order valence-corrected chi connectivity index (χ3v) is 6.04. The molecule has 1 saturated heterocycles. The van der Waals surface area contributed by atoms with E-state index in [0.29, 0.717) is 0 Å². The van der Waals surface area contributed by atoms with E-state index in [1.165, 1.54) is 11.3 Å². The van der Waals surface area contributed by atoms with Crippen molar-refractivity contribution < 1.29 is 33.4 Å². The van der Waals surface area contributed by atoms with Crippen molar-refractivity contribution in [1.29, 1.82) is 0 Å². The van der Waals surface area contributed by atoms with E-state index < -0.39 is 41.9 Å². The number of esters is 2. The average Bonchev–Trinajstić information content (AvgIpc) is 3.29. The van der Waals surface area contributed by atoms with Crippen molar-refractivity contribution in [2.45, 2.75) is 32.7 Å². The van der Waals surface area contributed by atoms with Gasteiger partial charge in [-0.15, -0.1) is 11.3 Å². The molecule has 2 aromatic rings. The molecule has 11 heteroatoms. The monoisotopic (exact) mass is 487 g/mol. The van der Waals surface area contributed by atoms with E-state index >= 15 is 0 Å². The van der Waals surface area contributed by atoms with E-state index in [1.807, 2.05) is 30.3 Å². The van der Waals surface area contributed by atoms with E-state index in [4.69, 9.17) is 9.47 Å². The summed E-state index contributed by atoms with van der Waals surface area (Å²) in [7, 11) is 0. The highest BCUT2D eigenvalue weighted by Crippen LogP contribution is 2.35. The lowest BCUT2D eigenvalue weighted by Crippen LogP contribution is -2.40. The second-order valence-corrected chi connectivity index (χ2v) is 8.96. The fourth-order valence-electron chi connectivity index (χ4n) is 3.21. The molecule has 0 unspecified atom stereocenters. The van der Waals surface area contributed by atoms with Gasteiger partial charge in [0.25, 0.3) is 11.8 Å². The summed E-state index contributed by atoms with van der Waals surface area (Å²) in [6.45, 7) is 4.23. The van der Waals surface area contributed by atoms with Crippen LogP contribution in [0.4, 0.5) is 10.5 Å². The predicted octanol–water partition coefficient (Wildman–Crippen LogP) is 2.79. The van der Waals surface area contributed by atoms with Crippen molar-refractivity contribution >= 4 is 46.8 Å². The highest BCUT2D eigenvalue weighted by Gasteiger charge is 2.44. The van der Waals surface area contributed by atoms with Crippen LogP contribution >= 0.6 is 11.3 Å². The summed E-state index contributed by atoms with van der Waals surface area (Å²) in [6, 6.07) is 10.4. The molecular formula is C23H25N3O7S. The number of urea groups is 1. The highest BCUT2D eigenvalue weighted by atomic mass is 32.1. The van der Waals surface area contributed by atoms with E-state index in [2.05, 4.69) is 10.6 Å². The van der Waals surface area contributed by atoms with Gasteiger partial charge in [-0.3, -0.25) is 19.3 Å². The Balaban J connectivity index is 1.58. The first-order chi connectivity index (χ1) is 16.1. The fraction of sp³-hybridized carbons (Fsp3) is 0.348. The number of carbonyl (C=O) groups is 5. The maximum Gasteiger partial charge on any atom is 0.350 e. The van der Waals surface area contributed by atoms with Crippen LogP contribution in [-0.2, 0) is 23.9 Å². The lowest BCUT2D eigenvalue weighted by Gasteiger charge is -2.15. The number of hydrogen-bond donors (Lipinski definition) is 2. The molecule has 0 radical (unpaired) electrons. The summed E-state index contributed by atoms with van der Waals surface area (Å²) in [5.74, 6) is -2.41. The Labute approximate surface area is 200 Å². The summed E-state index contributed by atoms with van der Waals surface area (Å²) in [6.07, 6.45) is -0.257. The van der Waals surface area contributed by atoms with Crippen LogP contribution in [0.3, 0.4) is 0 Å². The van der Waals surface area contributed by atoms with Gasteiger partial charge in [0.2, 0.25) is 0 Å². The minimum absolute atomic E-state index is 0.160. The molecule has 1 aromatic carbocycles. The molecule has 1 aliphatic heterocycles. The normalized spacial score (nSPS) is 14.5. The van der Waals surface area contributed by atoms with Crippen molar-refractivity contribution in [2.24, 2.45) is 0 Å². The Morgan fingerprint density at radius 2 is 1.82 bits per heavy atom. The Kier molecular flexibility index (Phi) is 7.67. The SMILES string of the molecule is CCOC(=O)c1sc(-c2ccccc2)cc1NC(=O)COC(=O)CCN1C(=O)NC(C)(C)C1=O. The molecule has 1 aromatic heterocycles.